The molecule has 7 nitrogen and oxygen atoms in total. The maximum absolute atomic E-state index is 5.84. The second-order valence-electron chi connectivity index (χ2n) is 6.95. The van der Waals surface area contributed by atoms with E-state index in [1.54, 1.807) is 11.0 Å². The van der Waals surface area contributed by atoms with E-state index in [0.717, 1.165) is 36.5 Å². The molecule has 0 radical (unpaired) electrons. The molecule has 0 spiro atoms. The number of nitrogens with one attached hydrogen (secondary N) is 2. The average molecular weight is 378 g/mol. The van der Waals surface area contributed by atoms with Gasteiger partial charge in [0.1, 0.15) is 12.1 Å². The number of ether oxygens (including phenoxy) is 1. The topological polar surface area (TPSA) is 76.9 Å². The molecular formula is C21H26N6O. The molecule has 7 heteroatoms. The minimum Gasteiger partial charge on any atom is -0.494 e. The third kappa shape index (κ3) is 4.21. The molecule has 1 aromatic heterocycles. The fourth-order valence-corrected chi connectivity index (χ4v) is 3.78. The zero-order valence-electron chi connectivity index (χ0n) is 16.1. The summed E-state index contributed by atoms with van der Waals surface area (Å²) in [6.07, 6.45) is 3.91. The van der Waals surface area contributed by atoms with Crippen molar-refractivity contribution in [2.75, 3.05) is 13.2 Å². The molecule has 2 N–H and O–H groups in total. The van der Waals surface area contributed by atoms with Gasteiger partial charge >= 0.3 is 0 Å². The van der Waals surface area contributed by atoms with Gasteiger partial charge in [-0.2, -0.15) is 0 Å². The molecule has 0 saturated carbocycles. The van der Waals surface area contributed by atoms with E-state index in [0.29, 0.717) is 18.7 Å². The third-order valence-electron chi connectivity index (χ3n) is 5.13. The summed E-state index contributed by atoms with van der Waals surface area (Å²) in [5, 5.41) is 18.9. The Labute approximate surface area is 165 Å². The Kier molecular flexibility index (Phi) is 5.94. The number of piperidine rings is 1. The SMILES string of the molecule is CCOc1ccc(-n2cnnn2)cc1CN[C@H]1CCCN[C@@H]1c1ccccc1. The highest BCUT2D eigenvalue weighted by atomic mass is 16.5. The smallest absolute Gasteiger partial charge is 0.143 e. The van der Waals surface area contributed by atoms with Crippen molar-refractivity contribution in [1.29, 1.82) is 0 Å². The Bertz CT molecular complexity index is 868. The molecule has 2 heterocycles. The molecule has 1 aliphatic rings. The first-order chi connectivity index (χ1) is 13.8. The van der Waals surface area contributed by atoms with Gasteiger partial charge in [-0.3, -0.25) is 0 Å². The molecule has 1 fully saturated rings. The van der Waals surface area contributed by atoms with E-state index in [-0.39, 0.29) is 0 Å². The first-order valence-electron chi connectivity index (χ1n) is 9.86. The Morgan fingerprint density at radius 2 is 2.11 bits per heavy atom. The van der Waals surface area contributed by atoms with Crippen molar-refractivity contribution in [2.24, 2.45) is 0 Å². The van der Waals surface area contributed by atoms with Crippen LogP contribution in [0.5, 0.6) is 5.75 Å². The van der Waals surface area contributed by atoms with Gasteiger partial charge in [-0.1, -0.05) is 30.3 Å². The van der Waals surface area contributed by atoms with Crippen LogP contribution in [-0.4, -0.2) is 39.4 Å². The maximum Gasteiger partial charge on any atom is 0.143 e. The first kappa shape index (κ1) is 18.6. The van der Waals surface area contributed by atoms with E-state index in [9.17, 15) is 0 Å². The van der Waals surface area contributed by atoms with Crippen molar-refractivity contribution in [3.8, 4) is 11.4 Å². The Morgan fingerprint density at radius 1 is 1.21 bits per heavy atom. The van der Waals surface area contributed by atoms with Crippen molar-refractivity contribution >= 4 is 0 Å². The molecule has 1 aliphatic heterocycles. The predicted octanol–water partition coefficient (Wildman–Crippen LogP) is 2.64. The van der Waals surface area contributed by atoms with Gasteiger partial charge in [0, 0.05) is 24.2 Å². The van der Waals surface area contributed by atoms with Gasteiger partial charge in [0.2, 0.25) is 0 Å². The predicted molar refractivity (Wildman–Crippen MR) is 107 cm³/mol. The molecule has 3 aromatic rings. The normalized spacial score (nSPS) is 19.5. The number of hydrogen-bond acceptors (Lipinski definition) is 6. The van der Waals surface area contributed by atoms with Crippen molar-refractivity contribution in [3.63, 3.8) is 0 Å². The number of benzene rings is 2. The van der Waals surface area contributed by atoms with Crippen LogP contribution in [-0.2, 0) is 6.54 Å². The highest BCUT2D eigenvalue weighted by Crippen LogP contribution is 2.26. The molecule has 0 amide bonds. The molecule has 1 saturated heterocycles. The summed E-state index contributed by atoms with van der Waals surface area (Å²) >= 11 is 0. The monoisotopic (exact) mass is 378 g/mol. The minimum absolute atomic E-state index is 0.313. The van der Waals surface area contributed by atoms with Gasteiger partial charge in [0.25, 0.3) is 0 Å². The molecule has 4 rings (SSSR count). The van der Waals surface area contributed by atoms with Crippen molar-refractivity contribution < 1.29 is 4.74 Å². The lowest BCUT2D eigenvalue weighted by Crippen LogP contribution is -2.45. The van der Waals surface area contributed by atoms with E-state index in [1.807, 2.05) is 19.1 Å². The van der Waals surface area contributed by atoms with Crippen LogP contribution in [0.25, 0.3) is 5.69 Å². The number of tetrazole rings is 1. The van der Waals surface area contributed by atoms with Gasteiger partial charge in [-0.15, -0.1) is 5.10 Å². The molecule has 28 heavy (non-hydrogen) atoms. The third-order valence-corrected chi connectivity index (χ3v) is 5.13. The van der Waals surface area contributed by atoms with Gasteiger partial charge in [0.15, 0.2) is 0 Å². The summed E-state index contributed by atoms with van der Waals surface area (Å²) < 4.78 is 7.51. The Balaban J connectivity index is 1.53. The maximum atomic E-state index is 5.84. The Hall–Kier alpha value is -2.77. The summed E-state index contributed by atoms with van der Waals surface area (Å²) in [4.78, 5) is 0. The van der Waals surface area contributed by atoms with Gasteiger partial charge in [0.05, 0.1) is 12.3 Å². The fraction of sp³-hybridized carbons (Fsp3) is 0.381. The second kappa shape index (κ2) is 8.95. The Morgan fingerprint density at radius 3 is 2.89 bits per heavy atom. The standard InChI is InChI=1S/C21H26N6O/c1-2-28-20-11-10-18(27-15-24-25-26-27)13-17(20)14-23-19-9-6-12-22-21(19)16-7-4-3-5-8-16/h3-5,7-8,10-11,13,15,19,21-23H,2,6,9,12,14H2,1H3/t19-,21+/m0/s1. The largest absolute Gasteiger partial charge is 0.494 e. The van der Waals surface area contributed by atoms with Crippen molar-refractivity contribution in [2.45, 2.75) is 38.4 Å². The number of rotatable bonds is 7. The van der Waals surface area contributed by atoms with Crippen LogP contribution in [0.2, 0.25) is 0 Å². The van der Waals surface area contributed by atoms with Crippen LogP contribution in [0.4, 0.5) is 0 Å². The summed E-state index contributed by atoms with van der Waals surface area (Å²) in [5.41, 5.74) is 3.35. The lowest BCUT2D eigenvalue weighted by atomic mass is 9.92. The van der Waals surface area contributed by atoms with Crippen molar-refractivity contribution in [3.05, 3.63) is 66.0 Å². The van der Waals surface area contributed by atoms with Crippen LogP contribution >= 0.6 is 0 Å². The number of hydrogen-bond donors (Lipinski definition) is 2. The van der Waals surface area contributed by atoms with Crippen LogP contribution < -0.4 is 15.4 Å². The molecule has 2 aromatic carbocycles. The van der Waals surface area contributed by atoms with E-state index in [1.165, 1.54) is 12.0 Å². The van der Waals surface area contributed by atoms with E-state index in [4.69, 9.17) is 4.74 Å². The van der Waals surface area contributed by atoms with Gasteiger partial charge in [-0.05, 0) is 60.5 Å². The summed E-state index contributed by atoms with van der Waals surface area (Å²) in [6.45, 7) is 4.41. The highest BCUT2D eigenvalue weighted by Gasteiger charge is 2.25. The lowest BCUT2D eigenvalue weighted by molar-refractivity contribution is 0.299. The van der Waals surface area contributed by atoms with Gasteiger partial charge in [-0.25, -0.2) is 4.68 Å². The first-order valence-corrected chi connectivity index (χ1v) is 9.86. The zero-order chi connectivity index (χ0) is 19.2. The summed E-state index contributed by atoms with van der Waals surface area (Å²) in [5.74, 6) is 0.895. The number of aromatic nitrogens is 4. The molecule has 0 aliphatic carbocycles. The van der Waals surface area contributed by atoms with E-state index in [2.05, 4.69) is 62.6 Å². The van der Waals surface area contributed by atoms with Crippen LogP contribution in [0.3, 0.4) is 0 Å². The highest BCUT2D eigenvalue weighted by molar-refractivity contribution is 5.43. The molecule has 146 valence electrons. The van der Waals surface area contributed by atoms with Crippen LogP contribution in [0.1, 0.15) is 36.9 Å². The average Bonchev–Trinajstić information content (AvgIpc) is 3.29. The summed E-state index contributed by atoms with van der Waals surface area (Å²) in [6, 6.07) is 17.4. The minimum atomic E-state index is 0.313. The quantitative estimate of drug-likeness (QED) is 0.658. The molecule has 2 atom stereocenters. The van der Waals surface area contributed by atoms with E-state index < -0.39 is 0 Å². The van der Waals surface area contributed by atoms with Crippen LogP contribution in [0.15, 0.2) is 54.9 Å². The lowest BCUT2D eigenvalue weighted by Gasteiger charge is -2.34. The molecular weight excluding hydrogens is 352 g/mol. The van der Waals surface area contributed by atoms with Crippen molar-refractivity contribution in [1.82, 2.24) is 30.8 Å². The fourth-order valence-electron chi connectivity index (χ4n) is 3.78. The van der Waals surface area contributed by atoms with Gasteiger partial charge < -0.3 is 15.4 Å². The van der Waals surface area contributed by atoms with E-state index >= 15 is 0 Å². The second-order valence-corrected chi connectivity index (χ2v) is 6.95. The molecule has 0 bridgehead atoms. The molecule has 0 unspecified atom stereocenters. The number of nitrogens with zero attached hydrogens (tertiary/aromatic N) is 4. The zero-order valence-corrected chi connectivity index (χ0v) is 16.1. The van der Waals surface area contributed by atoms with Crippen LogP contribution in [0, 0.1) is 0 Å². The summed E-state index contributed by atoms with van der Waals surface area (Å²) in [7, 11) is 0.